The van der Waals surface area contributed by atoms with Crippen LogP contribution in [0.3, 0.4) is 0 Å². The average Bonchev–Trinajstić information content (AvgIpc) is 2.70. The monoisotopic (exact) mass is 371 g/mol. The van der Waals surface area contributed by atoms with Crippen LogP contribution in [0.1, 0.15) is 100 Å². The maximum atomic E-state index is 12.7. The molecule has 2 rings (SSSR count). The number of unbranched alkanes of at least 4 members (excludes halogenated alkanes) is 7. The molecule has 0 aromatic heterocycles. The van der Waals surface area contributed by atoms with Crippen LogP contribution in [0, 0.1) is 5.92 Å². The molecule has 1 aliphatic heterocycles. The highest BCUT2D eigenvalue weighted by molar-refractivity contribution is 5.97. The van der Waals surface area contributed by atoms with E-state index < -0.39 is 0 Å². The number of nitrogens with zero attached hydrogens (tertiary/aromatic N) is 1. The Morgan fingerprint density at radius 1 is 0.889 bits per heavy atom. The van der Waals surface area contributed by atoms with Crippen molar-refractivity contribution in [2.75, 3.05) is 19.6 Å². The number of carbonyl (C=O) groups is 1. The fourth-order valence-electron chi connectivity index (χ4n) is 4.20. The molecule has 0 radical (unpaired) electrons. The standard InChI is InChI=1S/C25H41NO/c1-3-4-5-6-7-8-9-11-14-23-15-17-24(18-16-23)25(27)22(2)21-26-19-12-10-13-20-26/h15-18,22H,3-14,19-21H2,1-2H3. The minimum atomic E-state index is 0.0988. The summed E-state index contributed by atoms with van der Waals surface area (Å²) in [4.78, 5) is 15.2. The summed E-state index contributed by atoms with van der Waals surface area (Å²) in [5.74, 6) is 0.404. The van der Waals surface area contributed by atoms with E-state index in [1.165, 1.54) is 76.2 Å². The maximum Gasteiger partial charge on any atom is 0.166 e. The van der Waals surface area contributed by atoms with E-state index in [-0.39, 0.29) is 5.92 Å². The second-order valence-electron chi connectivity index (χ2n) is 8.55. The van der Waals surface area contributed by atoms with Crippen molar-refractivity contribution in [3.8, 4) is 0 Å². The van der Waals surface area contributed by atoms with E-state index in [2.05, 4.69) is 43.0 Å². The lowest BCUT2D eigenvalue weighted by Gasteiger charge is -2.28. The first-order chi connectivity index (χ1) is 13.2. The van der Waals surface area contributed by atoms with Crippen molar-refractivity contribution >= 4 is 5.78 Å². The van der Waals surface area contributed by atoms with Gasteiger partial charge in [0.1, 0.15) is 0 Å². The second-order valence-corrected chi connectivity index (χ2v) is 8.55. The zero-order valence-electron chi connectivity index (χ0n) is 17.8. The third kappa shape index (κ3) is 8.60. The van der Waals surface area contributed by atoms with Crippen molar-refractivity contribution in [3.63, 3.8) is 0 Å². The molecule has 0 spiro atoms. The van der Waals surface area contributed by atoms with E-state index in [0.29, 0.717) is 5.78 Å². The summed E-state index contributed by atoms with van der Waals surface area (Å²) in [6.07, 6.45) is 16.0. The van der Waals surface area contributed by atoms with Gasteiger partial charge in [0.25, 0.3) is 0 Å². The van der Waals surface area contributed by atoms with E-state index in [1.54, 1.807) is 0 Å². The van der Waals surface area contributed by atoms with E-state index in [4.69, 9.17) is 0 Å². The predicted molar refractivity (Wildman–Crippen MR) is 117 cm³/mol. The van der Waals surface area contributed by atoms with E-state index in [0.717, 1.165) is 31.6 Å². The van der Waals surface area contributed by atoms with Gasteiger partial charge in [0.2, 0.25) is 0 Å². The fraction of sp³-hybridized carbons (Fsp3) is 0.720. The zero-order valence-corrected chi connectivity index (χ0v) is 17.8. The predicted octanol–water partition coefficient (Wildman–Crippen LogP) is 6.67. The summed E-state index contributed by atoms with van der Waals surface area (Å²) in [5.41, 5.74) is 2.26. The molecule has 1 atom stereocenters. The van der Waals surface area contributed by atoms with E-state index >= 15 is 0 Å². The molecular formula is C25H41NO. The third-order valence-corrected chi connectivity index (χ3v) is 5.99. The molecule has 1 heterocycles. The molecule has 27 heavy (non-hydrogen) atoms. The van der Waals surface area contributed by atoms with Crippen LogP contribution in [0.4, 0.5) is 0 Å². The molecule has 0 saturated carbocycles. The summed E-state index contributed by atoms with van der Waals surface area (Å²) in [5, 5.41) is 0. The molecule has 1 aliphatic rings. The van der Waals surface area contributed by atoms with Crippen LogP contribution in [0.5, 0.6) is 0 Å². The Morgan fingerprint density at radius 2 is 1.48 bits per heavy atom. The lowest BCUT2D eigenvalue weighted by Crippen LogP contribution is -2.35. The molecule has 2 heteroatoms. The molecule has 0 N–H and O–H groups in total. The first kappa shape index (κ1) is 22.1. The van der Waals surface area contributed by atoms with Crippen LogP contribution >= 0.6 is 0 Å². The van der Waals surface area contributed by atoms with Crippen molar-refractivity contribution in [2.24, 2.45) is 5.92 Å². The SMILES string of the molecule is CCCCCCCCCCc1ccc(C(=O)C(C)CN2CCCCC2)cc1. The average molecular weight is 372 g/mol. The van der Waals surface area contributed by atoms with Crippen LogP contribution < -0.4 is 0 Å². The Kier molecular flexibility index (Phi) is 10.7. The van der Waals surface area contributed by atoms with Crippen LogP contribution in [-0.4, -0.2) is 30.3 Å². The number of aryl methyl sites for hydroxylation is 1. The summed E-state index contributed by atoms with van der Waals surface area (Å²) in [7, 11) is 0. The Hall–Kier alpha value is -1.15. The topological polar surface area (TPSA) is 20.3 Å². The molecule has 1 aromatic rings. The first-order valence-corrected chi connectivity index (χ1v) is 11.6. The lowest BCUT2D eigenvalue weighted by molar-refractivity contribution is 0.0883. The molecule has 152 valence electrons. The Bertz CT molecular complexity index is 516. The summed E-state index contributed by atoms with van der Waals surface area (Å²) >= 11 is 0. The van der Waals surface area contributed by atoms with Gasteiger partial charge in [0.15, 0.2) is 5.78 Å². The van der Waals surface area contributed by atoms with E-state index in [9.17, 15) is 4.79 Å². The van der Waals surface area contributed by atoms with Gasteiger partial charge >= 0.3 is 0 Å². The van der Waals surface area contributed by atoms with Crippen molar-refractivity contribution in [1.82, 2.24) is 4.90 Å². The maximum absolute atomic E-state index is 12.7. The minimum absolute atomic E-state index is 0.0988. The van der Waals surface area contributed by atoms with Crippen LogP contribution in [-0.2, 0) is 6.42 Å². The number of rotatable bonds is 13. The minimum Gasteiger partial charge on any atom is -0.303 e. The lowest BCUT2D eigenvalue weighted by atomic mass is 9.96. The normalized spacial score (nSPS) is 16.4. The van der Waals surface area contributed by atoms with Crippen LogP contribution in [0.15, 0.2) is 24.3 Å². The molecule has 1 unspecified atom stereocenters. The number of hydrogen-bond donors (Lipinski definition) is 0. The van der Waals surface area contributed by atoms with Gasteiger partial charge in [-0.25, -0.2) is 0 Å². The number of likely N-dealkylation sites (tertiary alicyclic amines) is 1. The summed E-state index contributed by atoms with van der Waals surface area (Å²) in [6.45, 7) is 7.60. The van der Waals surface area contributed by atoms with Crippen molar-refractivity contribution < 1.29 is 4.79 Å². The largest absolute Gasteiger partial charge is 0.303 e. The molecule has 0 bridgehead atoms. The van der Waals surface area contributed by atoms with Gasteiger partial charge in [-0.3, -0.25) is 4.79 Å². The number of ketones is 1. The number of hydrogen-bond acceptors (Lipinski definition) is 2. The molecular weight excluding hydrogens is 330 g/mol. The Morgan fingerprint density at radius 3 is 2.11 bits per heavy atom. The van der Waals surface area contributed by atoms with Gasteiger partial charge in [-0.15, -0.1) is 0 Å². The highest BCUT2D eigenvalue weighted by atomic mass is 16.1. The number of Topliss-reactive ketones (excluding diaryl/α,β-unsaturated/α-hetero) is 1. The van der Waals surface area contributed by atoms with Gasteiger partial charge in [-0.05, 0) is 44.3 Å². The van der Waals surface area contributed by atoms with Crippen molar-refractivity contribution in [3.05, 3.63) is 35.4 Å². The summed E-state index contributed by atoms with van der Waals surface area (Å²) in [6, 6.07) is 8.44. The second kappa shape index (κ2) is 13.1. The van der Waals surface area contributed by atoms with Gasteiger partial charge in [-0.1, -0.05) is 89.5 Å². The highest BCUT2D eigenvalue weighted by Crippen LogP contribution is 2.16. The number of carbonyl (C=O) groups excluding carboxylic acids is 1. The molecule has 1 fully saturated rings. The van der Waals surface area contributed by atoms with Crippen molar-refractivity contribution in [1.29, 1.82) is 0 Å². The van der Waals surface area contributed by atoms with Crippen LogP contribution in [0.25, 0.3) is 0 Å². The fourth-order valence-corrected chi connectivity index (χ4v) is 4.20. The first-order valence-electron chi connectivity index (χ1n) is 11.6. The molecule has 1 aromatic carbocycles. The molecule has 1 saturated heterocycles. The quantitative estimate of drug-likeness (QED) is 0.285. The highest BCUT2D eigenvalue weighted by Gasteiger charge is 2.19. The Labute approximate surface area is 167 Å². The Balaban J connectivity index is 1.65. The van der Waals surface area contributed by atoms with Crippen molar-refractivity contribution in [2.45, 2.75) is 90.9 Å². The smallest absolute Gasteiger partial charge is 0.166 e. The molecule has 0 amide bonds. The van der Waals surface area contributed by atoms with Crippen LogP contribution in [0.2, 0.25) is 0 Å². The zero-order chi connectivity index (χ0) is 19.3. The molecule has 2 nitrogen and oxygen atoms in total. The van der Waals surface area contributed by atoms with Gasteiger partial charge < -0.3 is 4.90 Å². The van der Waals surface area contributed by atoms with Gasteiger partial charge in [-0.2, -0.15) is 0 Å². The molecule has 0 aliphatic carbocycles. The number of benzene rings is 1. The van der Waals surface area contributed by atoms with E-state index in [1.807, 2.05) is 0 Å². The summed E-state index contributed by atoms with van der Waals surface area (Å²) < 4.78 is 0. The van der Waals surface area contributed by atoms with Gasteiger partial charge in [0.05, 0.1) is 0 Å². The third-order valence-electron chi connectivity index (χ3n) is 5.99. The van der Waals surface area contributed by atoms with Gasteiger partial charge in [0, 0.05) is 18.0 Å². The number of piperidine rings is 1.